The molecule has 3 heteroatoms. The van der Waals surface area contributed by atoms with Crippen LogP contribution in [0.25, 0.3) is 34.4 Å². The van der Waals surface area contributed by atoms with Crippen molar-refractivity contribution in [3.05, 3.63) is 276 Å². The van der Waals surface area contributed by atoms with E-state index in [1.165, 1.54) is 65.2 Å². The lowest BCUT2D eigenvalue weighted by Gasteiger charge is -2.40. The summed E-state index contributed by atoms with van der Waals surface area (Å²) < 4.78 is 0. The highest BCUT2D eigenvalue weighted by Crippen LogP contribution is 2.48. The molecular formula is C65H52N2Si. The van der Waals surface area contributed by atoms with E-state index in [9.17, 15) is 0 Å². The van der Waals surface area contributed by atoms with Gasteiger partial charge in [-0.15, -0.1) is 0 Å². The Morgan fingerprint density at radius 1 is 0.485 bits per heavy atom. The van der Waals surface area contributed by atoms with Gasteiger partial charge >= 0.3 is 0 Å². The summed E-state index contributed by atoms with van der Waals surface area (Å²) >= 11 is 0. The van der Waals surface area contributed by atoms with Crippen LogP contribution in [0.3, 0.4) is 0 Å². The normalized spacial score (nSPS) is 16.9. The summed E-state index contributed by atoms with van der Waals surface area (Å²) in [4.78, 5) is 4.99. The van der Waals surface area contributed by atoms with E-state index in [1.807, 2.05) is 0 Å². The molecule has 1 heterocycles. The van der Waals surface area contributed by atoms with Gasteiger partial charge in [0.15, 0.2) is 8.07 Å². The average Bonchev–Trinajstić information content (AvgIpc) is 3.73. The number of allylic oxidation sites excluding steroid dienone is 4. The van der Waals surface area contributed by atoms with Crippen molar-refractivity contribution in [1.29, 1.82) is 0 Å². The second-order valence-corrected chi connectivity index (χ2v) is 22.2. The van der Waals surface area contributed by atoms with Crippen molar-refractivity contribution in [3.8, 4) is 22.3 Å². The minimum absolute atomic E-state index is 0.206. The van der Waals surface area contributed by atoms with E-state index in [2.05, 4.69) is 284 Å². The molecule has 0 bridgehead atoms. The number of para-hydroxylation sites is 2. The third kappa shape index (κ3) is 7.19. The van der Waals surface area contributed by atoms with Crippen LogP contribution in [-0.4, -0.2) is 14.1 Å². The molecule has 0 spiro atoms. The molecule has 0 amide bonds. The van der Waals surface area contributed by atoms with Gasteiger partial charge in [0.1, 0.15) is 0 Å². The molecule has 0 saturated heterocycles. The first kappa shape index (κ1) is 41.4. The maximum absolute atomic E-state index is 2.69. The molecule has 3 unspecified atom stereocenters. The Bertz CT molecular complexity index is 3410. The molecule has 0 radical (unpaired) electrons. The minimum Gasteiger partial charge on any atom is -0.333 e. The van der Waals surface area contributed by atoms with E-state index < -0.39 is 8.07 Å². The fraction of sp³-hybridized carbons (Fsp3) is 0.0769. The van der Waals surface area contributed by atoms with Gasteiger partial charge in [0, 0.05) is 34.2 Å². The van der Waals surface area contributed by atoms with E-state index >= 15 is 0 Å². The highest BCUT2D eigenvalue weighted by Gasteiger charge is 2.45. The summed E-state index contributed by atoms with van der Waals surface area (Å²) in [7, 11) is -2.69. The number of rotatable bonds is 10. The van der Waals surface area contributed by atoms with Crippen LogP contribution in [0.2, 0.25) is 0 Å². The number of benzene rings is 9. The highest BCUT2D eigenvalue weighted by molar-refractivity contribution is 7.16. The van der Waals surface area contributed by atoms with Gasteiger partial charge < -0.3 is 9.80 Å². The summed E-state index contributed by atoms with van der Waals surface area (Å²) in [5.74, 6) is 0.716. The average molecular weight is 889 g/mol. The number of hydrogen-bond donors (Lipinski definition) is 0. The van der Waals surface area contributed by atoms with Gasteiger partial charge in [-0.2, -0.15) is 0 Å². The van der Waals surface area contributed by atoms with Crippen molar-refractivity contribution < 1.29 is 0 Å². The number of nitrogens with zero attached hydrogens (tertiary/aromatic N) is 2. The second-order valence-electron chi connectivity index (χ2n) is 18.4. The fourth-order valence-corrected chi connectivity index (χ4v) is 16.7. The Morgan fingerprint density at radius 3 is 1.76 bits per heavy atom. The molecule has 0 saturated carbocycles. The van der Waals surface area contributed by atoms with Crippen LogP contribution < -0.4 is 35.8 Å². The quantitative estimate of drug-likeness (QED) is 0.0997. The van der Waals surface area contributed by atoms with Crippen molar-refractivity contribution in [1.82, 2.24) is 0 Å². The Morgan fingerprint density at radius 2 is 1.06 bits per heavy atom. The molecule has 12 rings (SSSR count). The Labute approximate surface area is 401 Å². The summed E-state index contributed by atoms with van der Waals surface area (Å²) in [5.41, 5.74) is 12.0. The predicted octanol–water partition coefficient (Wildman–Crippen LogP) is 12.9. The summed E-state index contributed by atoms with van der Waals surface area (Å²) in [6, 6.07) is 88.1. The molecule has 68 heavy (non-hydrogen) atoms. The van der Waals surface area contributed by atoms with Crippen molar-refractivity contribution >= 4 is 64.2 Å². The maximum atomic E-state index is 2.55. The monoisotopic (exact) mass is 888 g/mol. The first-order valence-corrected chi connectivity index (χ1v) is 26.1. The van der Waals surface area contributed by atoms with Gasteiger partial charge in [0.05, 0.1) is 11.7 Å². The summed E-state index contributed by atoms with van der Waals surface area (Å²) in [6.07, 6.45) is 13.0. The molecular weight excluding hydrogens is 837 g/mol. The van der Waals surface area contributed by atoms with Gasteiger partial charge in [-0.3, -0.25) is 0 Å². The van der Waals surface area contributed by atoms with Gasteiger partial charge in [-0.1, -0.05) is 231 Å². The van der Waals surface area contributed by atoms with Crippen molar-refractivity contribution in [2.75, 3.05) is 9.80 Å². The Kier molecular flexibility index (Phi) is 10.8. The fourth-order valence-electron chi connectivity index (χ4n) is 11.4. The van der Waals surface area contributed by atoms with Crippen molar-refractivity contribution in [3.63, 3.8) is 0 Å². The number of anilines is 5. The Hall–Kier alpha value is -7.98. The lowest BCUT2D eigenvalue weighted by atomic mass is 9.89. The van der Waals surface area contributed by atoms with Crippen LogP contribution in [-0.2, 0) is 0 Å². The van der Waals surface area contributed by atoms with Gasteiger partial charge in [0.25, 0.3) is 0 Å². The zero-order chi connectivity index (χ0) is 45.4. The molecule has 0 fully saturated rings. The minimum atomic E-state index is -2.69. The summed E-state index contributed by atoms with van der Waals surface area (Å²) in [6.45, 7) is 2.41. The molecule has 3 atom stereocenters. The molecule has 9 aromatic rings. The van der Waals surface area contributed by atoms with Crippen molar-refractivity contribution in [2.45, 2.75) is 25.3 Å². The van der Waals surface area contributed by atoms with E-state index in [-0.39, 0.29) is 6.04 Å². The first-order chi connectivity index (χ1) is 33.6. The second kappa shape index (κ2) is 17.7. The van der Waals surface area contributed by atoms with Crippen molar-refractivity contribution in [2.24, 2.45) is 5.92 Å². The van der Waals surface area contributed by atoms with Gasteiger partial charge in [-0.05, 0) is 109 Å². The van der Waals surface area contributed by atoms with E-state index in [0.29, 0.717) is 11.8 Å². The third-order valence-electron chi connectivity index (χ3n) is 14.6. The SMILES string of the molecule is CC1CC=CC=C1[Si](c1ccccc1)(c1ccccc1)c1ccc(N(c2ccc(-c3cccc(N4c5ccccc5C5C=c6ccccc6=CC54)c3)cc2)c2ccccc2-c2ccccc2)cc1. The number of fused-ring (bicyclic) bond motifs is 4. The zero-order valence-corrected chi connectivity index (χ0v) is 39.2. The van der Waals surface area contributed by atoms with Crippen LogP contribution in [0.15, 0.2) is 260 Å². The van der Waals surface area contributed by atoms with Crippen LogP contribution in [0.1, 0.15) is 24.8 Å². The largest absolute Gasteiger partial charge is 0.333 e. The zero-order valence-electron chi connectivity index (χ0n) is 38.2. The van der Waals surface area contributed by atoms with Gasteiger partial charge in [-0.25, -0.2) is 0 Å². The first-order valence-electron chi connectivity index (χ1n) is 24.1. The highest BCUT2D eigenvalue weighted by atomic mass is 28.3. The lowest BCUT2D eigenvalue weighted by molar-refractivity contribution is 0.716. The van der Waals surface area contributed by atoms with E-state index in [1.54, 1.807) is 5.20 Å². The predicted molar refractivity (Wildman–Crippen MR) is 290 cm³/mol. The third-order valence-corrected chi connectivity index (χ3v) is 19.7. The van der Waals surface area contributed by atoms with E-state index in [0.717, 1.165) is 23.5 Å². The molecule has 0 N–H and O–H groups in total. The molecule has 3 aliphatic rings. The van der Waals surface area contributed by atoms with Gasteiger partial charge in [0.2, 0.25) is 0 Å². The standard InChI is InChI=1S/C65H52N2Si/c1-47-20-11-18-35-65(47)68(56-27-7-3-8-28-56,57-29-9-4-10-30-57)58-42-40-54(41-43-58)66(62-33-16-14-31-59(62)49-21-5-2-6-22-49)53-38-36-48(37-39-53)50-25-19-26-55(44-50)67-63-34-17-15-32-60(63)61-45-51-23-12-13-24-52(51)46-64(61)67/h2-19,21-47,61,64H,20H2,1H3. The molecule has 2 nitrogen and oxygen atoms in total. The summed E-state index contributed by atoms with van der Waals surface area (Å²) in [5, 5.41) is 8.37. The molecule has 9 aromatic carbocycles. The molecule has 2 aliphatic carbocycles. The molecule has 1 aliphatic heterocycles. The van der Waals surface area contributed by atoms with Crippen LogP contribution in [0.5, 0.6) is 0 Å². The van der Waals surface area contributed by atoms with Crippen LogP contribution in [0, 0.1) is 5.92 Å². The van der Waals surface area contributed by atoms with Crippen LogP contribution >= 0.6 is 0 Å². The number of hydrogen-bond acceptors (Lipinski definition) is 2. The van der Waals surface area contributed by atoms with Crippen LogP contribution in [0.4, 0.5) is 28.4 Å². The molecule has 326 valence electrons. The smallest absolute Gasteiger partial charge is 0.175 e. The van der Waals surface area contributed by atoms with E-state index in [4.69, 9.17) is 0 Å². The maximum Gasteiger partial charge on any atom is 0.175 e. The lowest BCUT2D eigenvalue weighted by Crippen LogP contribution is -2.69. The molecule has 0 aromatic heterocycles. The topological polar surface area (TPSA) is 6.48 Å². The Balaban J connectivity index is 0.962.